The summed E-state index contributed by atoms with van der Waals surface area (Å²) in [5.74, 6) is 0.0651. The maximum Gasteiger partial charge on any atom is 0.244 e. The number of hydrogen-bond acceptors (Lipinski definition) is 5. The number of nitrogens with zero attached hydrogens (tertiary/aromatic N) is 2. The van der Waals surface area contributed by atoms with E-state index in [9.17, 15) is 18.0 Å². The fourth-order valence-electron chi connectivity index (χ4n) is 3.37. The summed E-state index contributed by atoms with van der Waals surface area (Å²) < 4.78 is 31.3. The number of ether oxygens (including phenoxy) is 1. The van der Waals surface area contributed by atoms with Gasteiger partial charge in [-0.3, -0.25) is 13.9 Å². The fraction of sp³-hybridized carbons (Fsp3) is 0.440. The van der Waals surface area contributed by atoms with Crippen LogP contribution in [0.15, 0.2) is 48.5 Å². The highest BCUT2D eigenvalue weighted by Crippen LogP contribution is 2.22. The molecule has 2 aromatic rings. The monoisotopic (exact) mass is 489 g/mol. The topological polar surface area (TPSA) is 96.0 Å². The average molecular weight is 490 g/mol. The predicted octanol–water partition coefficient (Wildman–Crippen LogP) is 2.96. The van der Waals surface area contributed by atoms with E-state index in [-0.39, 0.29) is 18.4 Å². The minimum absolute atomic E-state index is 0.183. The maximum absolute atomic E-state index is 13.5. The van der Waals surface area contributed by atoms with Crippen LogP contribution >= 0.6 is 0 Å². The third-order valence-corrected chi connectivity index (χ3v) is 6.63. The molecule has 0 bridgehead atoms. The first-order chi connectivity index (χ1) is 15.9. The lowest BCUT2D eigenvalue weighted by atomic mass is 10.1. The Balaban J connectivity index is 2.37. The van der Waals surface area contributed by atoms with Crippen molar-refractivity contribution in [3.8, 4) is 5.75 Å². The summed E-state index contributed by atoms with van der Waals surface area (Å²) in [7, 11) is -2.25. The molecule has 0 saturated carbocycles. The summed E-state index contributed by atoms with van der Waals surface area (Å²) in [5.41, 5.74) is 2.20. The molecular weight excluding hydrogens is 454 g/mol. The van der Waals surface area contributed by atoms with Gasteiger partial charge < -0.3 is 15.0 Å². The molecule has 2 amide bonds. The fourth-order valence-corrected chi connectivity index (χ4v) is 4.22. The van der Waals surface area contributed by atoms with Crippen LogP contribution in [0.3, 0.4) is 0 Å². The van der Waals surface area contributed by atoms with Gasteiger partial charge in [-0.2, -0.15) is 0 Å². The highest BCUT2D eigenvalue weighted by molar-refractivity contribution is 7.92. The van der Waals surface area contributed by atoms with Crippen LogP contribution in [0.1, 0.15) is 31.9 Å². The number of aryl methyl sites for hydroxylation is 1. The zero-order valence-electron chi connectivity index (χ0n) is 20.7. The van der Waals surface area contributed by atoms with E-state index in [1.165, 1.54) is 12.0 Å². The third-order valence-electron chi connectivity index (χ3n) is 5.49. The Morgan fingerprint density at radius 1 is 1.03 bits per heavy atom. The minimum Gasteiger partial charge on any atom is -0.497 e. The maximum atomic E-state index is 13.5. The molecule has 1 N–H and O–H groups in total. The molecule has 0 aliphatic carbocycles. The Hall–Kier alpha value is -3.07. The number of sulfonamides is 1. The normalized spacial score (nSPS) is 12.2. The number of hydrogen-bond donors (Lipinski definition) is 1. The van der Waals surface area contributed by atoms with Gasteiger partial charge in [0.2, 0.25) is 21.8 Å². The Morgan fingerprint density at radius 3 is 2.18 bits per heavy atom. The lowest BCUT2D eigenvalue weighted by Gasteiger charge is -2.32. The van der Waals surface area contributed by atoms with E-state index >= 15 is 0 Å². The second-order valence-electron chi connectivity index (χ2n) is 8.73. The zero-order chi connectivity index (χ0) is 25.5. The summed E-state index contributed by atoms with van der Waals surface area (Å²) in [5, 5.41) is 2.87. The minimum atomic E-state index is -3.77. The molecule has 1 atom stereocenters. The van der Waals surface area contributed by atoms with Crippen LogP contribution in [0, 0.1) is 12.8 Å². The molecule has 0 heterocycles. The van der Waals surface area contributed by atoms with Crippen molar-refractivity contribution in [2.75, 3.05) is 30.8 Å². The second kappa shape index (κ2) is 11.9. The van der Waals surface area contributed by atoms with Crippen molar-refractivity contribution >= 4 is 27.5 Å². The first kappa shape index (κ1) is 27.2. The Labute approximate surface area is 202 Å². The number of carbonyl (C=O) groups excluding carboxylic acids is 2. The van der Waals surface area contributed by atoms with Crippen molar-refractivity contribution in [1.29, 1.82) is 0 Å². The third kappa shape index (κ3) is 7.48. The van der Waals surface area contributed by atoms with Gasteiger partial charge in [-0.05, 0) is 55.2 Å². The van der Waals surface area contributed by atoms with E-state index in [1.807, 2.05) is 45.0 Å². The highest BCUT2D eigenvalue weighted by atomic mass is 32.2. The molecule has 0 radical (unpaired) electrons. The summed E-state index contributed by atoms with van der Waals surface area (Å²) in [6.45, 7) is 7.80. The van der Waals surface area contributed by atoms with E-state index < -0.39 is 28.5 Å². The van der Waals surface area contributed by atoms with Gasteiger partial charge in [0.05, 0.1) is 19.1 Å². The van der Waals surface area contributed by atoms with E-state index in [0.29, 0.717) is 18.0 Å². The van der Waals surface area contributed by atoms with Crippen LogP contribution in [0.4, 0.5) is 5.69 Å². The van der Waals surface area contributed by atoms with Crippen molar-refractivity contribution in [3.05, 3.63) is 59.7 Å². The molecule has 2 aromatic carbocycles. The largest absolute Gasteiger partial charge is 0.497 e. The number of amides is 2. The summed E-state index contributed by atoms with van der Waals surface area (Å²) in [4.78, 5) is 27.8. The Bertz CT molecular complexity index is 1080. The number of anilines is 1. The predicted molar refractivity (Wildman–Crippen MR) is 134 cm³/mol. The van der Waals surface area contributed by atoms with Crippen molar-refractivity contribution in [2.45, 2.75) is 40.3 Å². The average Bonchev–Trinajstić information content (AvgIpc) is 2.79. The molecule has 34 heavy (non-hydrogen) atoms. The lowest BCUT2D eigenvalue weighted by Crippen LogP contribution is -2.51. The molecular formula is C25H35N3O5S. The molecule has 1 unspecified atom stereocenters. The molecule has 2 rings (SSSR count). The van der Waals surface area contributed by atoms with Gasteiger partial charge in [0, 0.05) is 13.1 Å². The molecule has 0 aromatic heterocycles. The van der Waals surface area contributed by atoms with Crippen molar-refractivity contribution in [2.24, 2.45) is 5.92 Å². The number of methoxy groups -OCH3 is 1. The standard InChI is InChI=1S/C25H35N3O5S/c1-18(2)15-26-25(30)20(4)27(16-21-10-8-7-9-19(21)3)24(29)17-28(34(6,31)32)22-11-13-23(33-5)14-12-22/h7-14,18,20H,15-17H2,1-6H3,(H,26,30). The van der Waals surface area contributed by atoms with Crippen molar-refractivity contribution < 1.29 is 22.7 Å². The van der Waals surface area contributed by atoms with Gasteiger partial charge in [-0.1, -0.05) is 38.1 Å². The highest BCUT2D eigenvalue weighted by Gasteiger charge is 2.30. The number of rotatable bonds is 11. The summed E-state index contributed by atoms with van der Waals surface area (Å²) in [6, 6.07) is 13.2. The Kier molecular flexibility index (Phi) is 9.49. The van der Waals surface area contributed by atoms with Gasteiger partial charge in [0.15, 0.2) is 0 Å². The molecule has 0 saturated heterocycles. The van der Waals surface area contributed by atoms with Gasteiger partial charge in [-0.25, -0.2) is 8.42 Å². The van der Waals surface area contributed by atoms with E-state index in [0.717, 1.165) is 21.7 Å². The van der Waals surface area contributed by atoms with Crippen LogP contribution in [0.25, 0.3) is 0 Å². The summed E-state index contributed by atoms with van der Waals surface area (Å²) >= 11 is 0. The number of nitrogens with one attached hydrogen (secondary N) is 1. The van der Waals surface area contributed by atoms with Crippen molar-refractivity contribution in [1.82, 2.24) is 10.2 Å². The molecule has 0 fully saturated rings. The molecule has 0 aliphatic rings. The number of benzene rings is 2. The first-order valence-electron chi connectivity index (χ1n) is 11.2. The summed E-state index contributed by atoms with van der Waals surface area (Å²) in [6.07, 6.45) is 1.05. The van der Waals surface area contributed by atoms with E-state index in [2.05, 4.69) is 5.32 Å². The van der Waals surface area contributed by atoms with Crippen LogP contribution < -0.4 is 14.4 Å². The Morgan fingerprint density at radius 2 is 1.65 bits per heavy atom. The lowest BCUT2D eigenvalue weighted by molar-refractivity contribution is -0.139. The van der Waals surface area contributed by atoms with Crippen LogP contribution in [-0.2, 0) is 26.2 Å². The molecule has 0 spiro atoms. The van der Waals surface area contributed by atoms with E-state index in [1.54, 1.807) is 31.2 Å². The van der Waals surface area contributed by atoms with Crippen LogP contribution in [0.5, 0.6) is 5.75 Å². The zero-order valence-corrected chi connectivity index (χ0v) is 21.6. The second-order valence-corrected chi connectivity index (χ2v) is 10.6. The molecule has 9 heteroatoms. The molecule has 0 aliphatic heterocycles. The SMILES string of the molecule is COc1ccc(N(CC(=O)N(Cc2ccccc2C)C(C)C(=O)NCC(C)C)S(C)(=O)=O)cc1. The van der Waals surface area contributed by atoms with Crippen molar-refractivity contribution in [3.63, 3.8) is 0 Å². The van der Waals surface area contributed by atoms with Gasteiger partial charge in [0.1, 0.15) is 18.3 Å². The van der Waals surface area contributed by atoms with Gasteiger partial charge >= 0.3 is 0 Å². The van der Waals surface area contributed by atoms with Gasteiger partial charge in [-0.15, -0.1) is 0 Å². The van der Waals surface area contributed by atoms with Gasteiger partial charge in [0.25, 0.3) is 0 Å². The first-order valence-corrected chi connectivity index (χ1v) is 13.0. The molecule has 8 nitrogen and oxygen atoms in total. The number of carbonyl (C=O) groups is 2. The molecule has 186 valence electrons. The van der Waals surface area contributed by atoms with E-state index in [4.69, 9.17) is 4.74 Å². The van der Waals surface area contributed by atoms with Crippen LogP contribution in [-0.4, -0.2) is 57.6 Å². The smallest absolute Gasteiger partial charge is 0.244 e. The van der Waals surface area contributed by atoms with Crippen LogP contribution in [0.2, 0.25) is 0 Å². The quantitative estimate of drug-likeness (QED) is 0.524.